The first-order valence-corrected chi connectivity index (χ1v) is 5.56. The second-order valence-corrected chi connectivity index (χ2v) is 5.63. The zero-order valence-electron chi connectivity index (χ0n) is 9.24. The van der Waals surface area contributed by atoms with Crippen molar-refractivity contribution >= 4 is 11.3 Å². The molecule has 2 heterocycles. The summed E-state index contributed by atoms with van der Waals surface area (Å²) >= 11 is 1.51. The van der Waals surface area contributed by atoms with Gasteiger partial charge in [-0.25, -0.2) is 0 Å². The van der Waals surface area contributed by atoms with Crippen LogP contribution in [0.2, 0.25) is 0 Å². The SMILES string of the molecule is Cc1nnc(-c2cc(C(C)(C)C)no2)s1. The first kappa shape index (κ1) is 10.3. The molecule has 0 radical (unpaired) electrons. The smallest absolute Gasteiger partial charge is 0.197 e. The third-order valence-corrected chi connectivity index (χ3v) is 2.87. The maximum absolute atomic E-state index is 5.25. The van der Waals surface area contributed by atoms with Gasteiger partial charge in [0.25, 0.3) is 0 Å². The van der Waals surface area contributed by atoms with Crippen LogP contribution in [0, 0.1) is 6.92 Å². The molecule has 5 heteroatoms. The molecule has 0 aliphatic heterocycles. The first-order chi connectivity index (χ1) is 6.97. The van der Waals surface area contributed by atoms with E-state index in [9.17, 15) is 0 Å². The van der Waals surface area contributed by atoms with Crippen molar-refractivity contribution in [2.75, 3.05) is 0 Å². The van der Waals surface area contributed by atoms with Gasteiger partial charge in [0.05, 0.1) is 5.69 Å². The largest absolute Gasteiger partial charge is 0.353 e. The van der Waals surface area contributed by atoms with Crippen LogP contribution in [-0.4, -0.2) is 15.4 Å². The van der Waals surface area contributed by atoms with Gasteiger partial charge in [0.15, 0.2) is 10.8 Å². The fraction of sp³-hybridized carbons (Fsp3) is 0.500. The fourth-order valence-corrected chi connectivity index (χ4v) is 1.77. The van der Waals surface area contributed by atoms with Crippen molar-refractivity contribution < 1.29 is 4.52 Å². The van der Waals surface area contributed by atoms with E-state index in [-0.39, 0.29) is 5.41 Å². The van der Waals surface area contributed by atoms with Crippen LogP contribution in [0.4, 0.5) is 0 Å². The molecule has 0 atom stereocenters. The summed E-state index contributed by atoms with van der Waals surface area (Å²) < 4.78 is 5.25. The molecule has 2 aromatic rings. The highest BCUT2D eigenvalue weighted by atomic mass is 32.1. The van der Waals surface area contributed by atoms with Crippen molar-refractivity contribution in [2.45, 2.75) is 33.1 Å². The van der Waals surface area contributed by atoms with Crippen molar-refractivity contribution in [3.63, 3.8) is 0 Å². The Morgan fingerprint density at radius 1 is 1.27 bits per heavy atom. The Labute approximate surface area is 92.3 Å². The molecule has 0 fully saturated rings. The molecular formula is C10H13N3OS. The Morgan fingerprint density at radius 2 is 2.00 bits per heavy atom. The van der Waals surface area contributed by atoms with Gasteiger partial charge in [0.1, 0.15) is 5.01 Å². The highest BCUT2D eigenvalue weighted by Gasteiger charge is 2.20. The van der Waals surface area contributed by atoms with E-state index in [1.54, 1.807) is 0 Å². The topological polar surface area (TPSA) is 51.8 Å². The van der Waals surface area contributed by atoms with Gasteiger partial charge < -0.3 is 4.52 Å². The summed E-state index contributed by atoms with van der Waals surface area (Å²) in [6.07, 6.45) is 0. The molecule has 4 nitrogen and oxygen atoms in total. The third kappa shape index (κ3) is 2.07. The minimum Gasteiger partial charge on any atom is -0.353 e. The van der Waals surface area contributed by atoms with Crippen molar-refractivity contribution in [1.29, 1.82) is 0 Å². The van der Waals surface area contributed by atoms with Gasteiger partial charge in [-0.2, -0.15) is 0 Å². The molecule has 0 unspecified atom stereocenters. The normalized spacial score (nSPS) is 12.0. The van der Waals surface area contributed by atoms with Crippen molar-refractivity contribution in [2.24, 2.45) is 0 Å². The highest BCUT2D eigenvalue weighted by Crippen LogP contribution is 2.28. The molecule has 0 aliphatic rings. The Kier molecular flexibility index (Phi) is 2.34. The van der Waals surface area contributed by atoms with Crippen LogP contribution >= 0.6 is 11.3 Å². The van der Waals surface area contributed by atoms with E-state index in [0.29, 0.717) is 5.76 Å². The van der Waals surface area contributed by atoms with Crippen molar-refractivity contribution in [3.8, 4) is 10.8 Å². The van der Waals surface area contributed by atoms with E-state index in [0.717, 1.165) is 15.7 Å². The summed E-state index contributed by atoms with van der Waals surface area (Å²) in [5.74, 6) is 0.700. The van der Waals surface area contributed by atoms with E-state index in [4.69, 9.17) is 4.52 Å². The number of nitrogens with zero attached hydrogens (tertiary/aromatic N) is 3. The van der Waals surface area contributed by atoms with Crippen molar-refractivity contribution in [1.82, 2.24) is 15.4 Å². The lowest BCUT2D eigenvalue weighted by atomic mass is 9.92. The molecule has 0 saturated heterocycles. The minimum atomic E-state index is 0.00147. The quantitative estimate of drug-likeness (QED) is 0.746. The monoisotopic (exact) mass is 223 g/mol. The standard InChI is InChI=1S/C10H13N3OS/c1-6-11-12-9(15-6)7-5-8(13-14-7)10(2,3)4/h5H,1-4H3. The van der Waals surface area contributed by atoms with E-state index in [1.807, 2.05) is 13.0 Å². The molecule has 0 spiro atoms. The van der Waals surface area contributed by atoms with Crippen LogP contribution < -0.4 is 0 Å². The molecule has 0 saturated carbocycles. The summed E-state index contributed by atoms with van der Waals surface area (Å²) in [5, 5.41) is 13.7. The summed E-state index contributed by atoms with van der Waals surface area (Å²) in [5.41, 5.74) is 0.937. The van der Waals surface area contributed by atoms with E-state index in [2.05, 4.69) is 36.1 Å². The van der Waals surface area contributed by atoms with Crippen LogP contribution in [0.1, 0.15) is 31.5 Å². The van der Waals surface area contributed by atoms with E-state index in [1.165, 1.54) is 11.3 Å². The lowest BCUT2D eigenvalue weighted by molar-refractivity contribution is 0.402. The average molecular weight is 223 g/mol. The number of aromatic nitrogens is 3. The van der Waals surface area contributed by atoms with Crippen LogP contribution in [0.3, 0.4) is 0 Å². The predicted molar refractivity (Wildman–Crippen MR) is 58.8 cm³/mol. The first-order valence-electron chi connectivity index (χ1n) is 4.74. The Bertz CT molecular complexity index is 467. The minimum absolute atomic E-state index is 0.00147. The van der Waals surface area contributed by atoms with Crippen LogP contribution in [0.15, 0.2) is 10.6 Å². The zero-order valence-corrected chi connectivity index (χ0v) is 10.1. The summed E-state index contributed by atoms with van der Waals surface area (Å²) in [4.78, 5) is 0. The van der Waals surface area contributed by atoms with E-state index >= 15 is 0 Å². The maximum Gasteiger partial charge on any atom is 0.197 e. The molecule has 0 N–H and O–H groups in total. The summed E-state index contributed by atoms with van der Waals surface area (Å²) in [6.45, 7) is 8.21. The van der Waals surface area contributed by atoms with Gasteiger partial charge in [0, 0.05) is 11.5 Å². The van der Waals surface area contributed by atoms with Gasteiger partial charge in [-0.15, -0.1) is 10.2 Å². The van der Waals surface area contributed by atoms with Crippen LogP contribution in [0.5, 0.6) is 0 Å². The molecule has 0 amide bonds. The molecule has 2 rings (SSSR count). The number of hydrogen-bond acceptors (Lipinski definition) is 5. The highest BCUT2D eigenvalue weighted by molar-refractivity contribution is 7.14. The molecule has 0 bridgehead atoms. The maximum atomic E-state index is 5.25. The zero-order chi connectivity index (χ0) is 11.1. The molecule has 0 aromatic carbocycles. The van der Waals surface area contributed by atoms with Gasteiger partial charge in [-0.1, -0.05) is 37.3 Å². The van der Waals surface area contributed by atoms with E-state index < -0.39 is 0 Å². The van der Waals surface area contributed by atoms with Gasteiger partial charge in [0.2, 0.25) is 0 Å². The molecule has 0 aliphatic carbocycles. The molecule has 80 valence electrons. The molecule has 15 heavy (non-hydrogen) atoms. The third-order valence-electron chi connectivity index (χ3n) is 2.02. The number of rotatable bonds is 1. The van der Waals surface area contributed by atoms with Crippen LogP contribution in [-0.2, 0) is 5.41 Å². The van der Waals surface area contributed by atoms with Crippen LogP contribution in [0.25, 0.3) is 10.8 Å². The second-order valence-electron chi connectivity index (χ2n) is 4.45. The predicted octanol–water partition coefficient (Wildman–Crippen LogP) is 2.80. The molecule has 2 aromatic heterocycles. The van der Waals surface area contributed by atoms with Crippen molar-refractivity contribution in [3.05, 3.63) is 16.8 Å². The Hall–Kier alpha value is -1.23. The molecular weight excluding hydrogens is 210 g/mol. The summed E-state index contributed by atoms with van der Waals surface area (Å²) in [7, 11) is 0. The van der Waals surface area contributed by atoms with Gasteiger partial charge >= 0.3 is 0 Å². The Morgan fingerprint density at radius 3 is 2.47 bits per heavy atom. The lowest BCUT2D eigenvalue weighted by Gasteiger charge is -2.12. The lowest BCUT2D eigenvalue weighted by Crippen LogP contribution is -2.10. The average Bonchev–Trinajstić information content (AvgIpc) is 2.69. The fourth-order valence-electron chi connectivity index (χ4n) is 1.13. The van der Waals surface area contributed by atoms with Gasteiger partial charge in [-0.3, -0.25) is 0 Å². The summed E-state index contributed by atoms with van der Waals surface area (Å²) in [6, 6.07) is 1.93. The van der Waals surface area contributed by atoms with Gasteiger partial charge in [-0.05, 0) is 6.92 Å². The number of aryl methyl sites for hydroxylation is 1. The second kappa shape index (κ2) is 3.41. The Balaban J connectivity index is 2.36. The number of hydrogen-bond donors (Lipinski definition) is 0.